The first kappa shape index (κ1) is 29.3. The molecule has 2 spiro atoms. The molecule has 0 unspecified atom stereocenters. The lowest BCUT2D eigenvalue weighted by Crippen LogP contribution is -2.50. The van der Waals surface area contributed by atoms with Crippen molar-refractivity contribution in [3.8, 4) is 17.0 Å². The van der Waals surface area contributed by atoms with E-state index in [9.17, 15) is 9.59 Å². The van der Waals surface area contributed by atoms with E-state index >= 15 is 0 Å². The molecule has 2 aromatic rings. The minimum Gasteiger partial charge on any atom is -0.480 e. The summed E-state index contributed by atoms with van der Waals surface area (Å²) in [4.78, 5) is 37.0. The Morgan fingerprint density at radius 2 is 1.64 bits per heavy atom. The number of ether oxygens (including phenoxy) is 3. The lowest BCUT2D eigenvalue weighted by atomic mass is 9.78. The molecule has 0 atom stereocenters. The van der Waals surface area contributed by atoms with Gasteiger partial charge in [-0.05, 0) is 88.8 Å². The second-order valence-electron chi connectivity index (χ2n) is 14.9. The predicted molar refractivity (Wildman–Crippen MR) is 167 cm³/mol. The highest BCUT2D eigenvalue weighted by Crippen LogP contribution is 2.51. The van der Waals surface area contributed by atoms with Crippen molar-refractivity contribution < 1.29 is 23.8 Å². The number of rotatable bonds is 3. The Morgan fingerprint density at radius 3 is 2.32 bits per heavy atom. The lowest BCUT2D eigenvalue weighted by molar-refractivity contribution is -0.0109. The number of amides is 2. The molecular formula is C34H47N5O5. The molecule has 7 rings (SSSR count). The molecule has 1 aromatic carbocycles. The Kier molecular flexibility index (Phi) is 7.05. The number of benzene rings is 1. The number of aryl methyl sites for hydroxylation is 1. The van der Waals surface area contributed by atoms with Gasteiger partial charge in [0.2, 0.25) is 5.95 Å². The third kappa shape index (κ3) is 5.38. The number of piperidine rings is 2. The van der Waals surface area contributed by atoms with Gasteiger partial charge in [-0.1, -0.05) is 6.07 Å². The molecule has 238 valence electrons. The van der Waals surface area contributed by atoms with E-state index in [1.165, 1.54) is 0 Å². The number of likely N-dealkylation sites (tertiary alicyclic amines) is 2. The van der Waals surface area contributed by atoms with Crippen LogP contribution in [0.25, 0.3) is 11.3 Å². The topological polar surface area (TPSA) is 89.4 Å². The summed E-state index contributed by atoms with van der Waals surface area (Å²) in [6.07, 6.45) is 6.32. The molecule has 1 aliphatic carbocycles. The molecule has 5 heterocycles. The van der Waals surface area contributed by atoms with Crippen molar-refractivity contribution in [2.45, 2.75) is 83.8 Å². The summed E-state index contributed by atoms with van der Waals surface area (Å²) in [5.41, 5.74) is 3.41. The van der Waals surface area contributed by atoms with Crippen molar-refractivity contribution >= 4 is 18.1 Å². The van der Waals surface area contributed by atoms with Gasteiger partial charge in [0.25, 0.3) is 0 Å². The summed E-state index contributed by atoms with van der Waals surface area (Å²) in [6, 6.07) is 6.38. The van der Waals surface area contributed by atoms with Crippen molar-refractivity contribution in [2.24, 2.45) is 18.4 Å². The Labute approximate surface area is 260 Å². The summed E-state index contributed by atoms with van der Waals surface area (Å²) in [5, 5.41) is 0. The summed E-state index contributed by atoms with van der Waals surface area (Å²) >= 11 is 0. The van der Waals surface area contributed by atoms with Crippen molar-refractivity contribution in [2.75, 3.05) is 50.8 Å². The number of hydrogen-bond acceptors (Lipinski definition) is 7. The normalized spacial score (nSPS) is 22.1. The number of nitrogens with zero attached hydrogens (tertiary/aromatic N) is 5. The van der Waals surface area contributed by atoms with Gasteiger partial charge in [-0.25, -0.2) is 14.6 Å². The van der Waals surface area contributed by atoms with Crippen LogP contribution in [-0.2, 0) is 22.1 Å². The average Bonchev–Trinajstić information content (AvgIpc) is 3.62. The zero-order valence-electron chi connectivity index (χ0n) is 27.0. The maximum Gasteiger partial charge on any atom is 0.410 e. The van der Waals surface area contributed by atoms with Gasteiger partial charge >= 0.3 is 12.2 Å². The van der Waals surface area contributed by atoms with Crippen LogP contribution in [0.1, 0.15) is 77.0 Å². The summed E-state index contributed by atoms with van der Waals surface area (Å²) in [5.74, 6) is 2.40. The molecular weight excluding hydrogens is 558 g/mol. The van der Waals surface area contributed by atoms with Crippen LogP contribution in [0.15, 0.2) is 18.2 Å². The second kappa shape index (κ2) is 10.6. The zero-order chi connectivity index (χ0) is 30.9. The highest BCUT2D eigenvalue weighted by atomic mass is 16.6. The molecule has 1 aromatic heterocycles. The van der Waals surface area contributed by atoms with Gasteiger partial charge in [-0.15, -0.1) is 0 Å². The van der Waals surface area contributed by atoms with Gasteiger partial charge in [-0.2, -0.15) is 0 Å². The monoisotopic (exact) mass is 605 g/mol. The van der Waals surface area contributed by atoms with Gasteiger partial charge in [0, 0.05) is 64.7 Å². The van der Waals surface area contributed by atoms with E-state index in [4.69, 9.17) is 19.2 Å². The van der Waals surface area contributed by atoms with Crippen LogP contribution < -0.4 is 9.64 Å². The standard InChI is InChI=1S/C34H47N5O5/c1-23-6-9-25-26(20-23)43-34(13-18-37(19-14-34)30(40)42-21-24-7-8-24)28-27(25)35-29(36(28)5)39-17-12-33(22-39)10-15-38(16-11-33)31(41)44-32(2,3)4/h6,9,20,24H,7-8,10-19,21-22H2,1-5H3. The summed E-state index contributed by atoms with van der Waals surface area (Å²) in [6.45, 7) is 12.9. The van der Waals surface area contributed by atoms with Gasteiger partial charge in [-0.3, -0.25) is 0 Å². The molecule has 1 saturated carbocycles. The van der Waals surface area contributed by atoms with Gasteiger partial charge in [0.05, 0.1) is 12.3 Å². The highest BCUT2D eigenvalue weighted by Gasteiger charge is 2.49. The smallest absolute Gasteiger partial charge is 0.410 e. The maximum absolute atomic E-state index is 12.8. The van der Waals surface area contributed by atoms with Crippen molar-refractivity contribution in [3.05, 3.63) is 29.5 Å². The minimum absolute atomic E-state index is 0.167. The van der Waals surface area contributed by atoms with E-state index < -0.39 is 11.2 Å². The van der Waals surface area contributed by atoms with E-state index in [0.717, 1.165) is 92.5 Å². The third-order valence-electron chi connectivity index (χ3n) is 10.4. The highest BCUT2D eigenvalue weighted by molar-refractivity contribution is 5.75. The quantitative estimate of drug-likeness (QED) is 0.434. The molecule has 5 aliphatic rings. The van der Waals surface area contributed by atoms with Crippen LogP contribution in [0, 0.1) is 18.3 Å². The number of imidazole rings is 1. The largest absolute Gasteiger partial charge is 0.480 e. The Morgan fingerprint density at radius 1 is 0.977 bits per heavy atom. The number of fused-ring (bicyclic) bond motifs is 4. The fraction of sp³-hybridized carbons (Fsp3) is 0.676. The predicted octanol–water partition coefficient (Wildman–Crippen LogP) is 5.85. The molecule has 10 nitrogen and oxygen atoms in total. The zero-order valence-corrected chi connectivity index (χ0v) is 27.0. The van der Waals surface area contributed by atoms with Crippen LogP contribution in [0.5, 0.6) is 5.75 Å². The van der Waals surface area contributed by atoms with Crippen molar-refractivity contribution in [1.29, 1.82) is 0 Å². The maximum atomic E-state index is 12.8. The SMILES string of the molecule is Cc1ccc2c(c1)OC1(CCN(C(=O)OCC3CC3)CC1)c1c-2nc(N2CCC3(CCN(C(=O)OC(C)(C)C)CC3)C2)n1C. The third-order valence-corrected chi connectivity index (χ3v) is 10.4. The number of carbonyl (C=O) groups excluding carboxylic acids is 2. The Balaban J connectivity index is 1.11. The van der Waals surface area contributed by atoms with Gasteiger partial charge < -0.3 is 33.5 Å². The second-order valence-corrected chi connectivity index (χ2v) is 14.9. The van der Waals surface area contributed by atoms with Crippen LogP contribution in [0.3, 0.4) is 0 Å². The number of aromatic nitrogens is 2. The van der Waals surface area contributed by atoms with E-state index in [1.54, 1.807) is 0 Å². The first-order valence-electron chi connectivity index (χ1n) is 16.5. The Hall–Kier alpha value is -3.43. The fourth-order valence-electron chi connectivity index (χ4n) is 7.61. The Bertz CT molecular complexity index is 1440. The van der Waals surface area contributed by atoms with E-state index in [1.807, 2.05) is 30.6 Å². The molecule has 44 heavy (non-hydrogen) atoms. The number of carbonyl (C=O) groups is 2. The van der Waals surface area contributed by atoms with E-state index in [-0.39, 0.29) is 17.6 Å². The van der Waals surface area contributed by atoms with Crippen LogP contribution in [0.2, 0.25) is 0 Å². The number of anilines is 1. The van der Waals surface area contributed by atoms with E-state index in [2.05, 4.69) is 41.6 Å². The fourth-order valence-corrected chi connectivity index (χ4v) is 7.61. The van der Waals surface area contributed by atoms with Crippen LogP contribution in [-0.4, -0.2) is 83.0 Å². The first-order valence-corrected chi connectivity index (χ1v) is 16.5. The van der Waals surface area contributed by atoms with Crippen molar-refractivity contribution in [1.82, 2.24) is 19.4 Å². The molecule has 4 fully saturated rings. The first-order chi connectivity index (χ1) is 20.9. The molecule has 10 heteroatoms. The molecule has 0 radical (unpaired) electrons. The average molecular weight is 606 g/mol. The van der Waals surface area contributed by atoms with E-state index in [0.29, 0.717) is 38.5 Å². The summed E-state index contributed by atoms with van der Waals surface area (Å²) in [7, 11) is 2.12. The molecule has 0 N–H and O–H groups in total. The summed E-state index contributed by atoms with van der Waals surface area (Å²) < 4.78 is 20.4. The molecule has 3 saturated heterocycles. The molecule has 0 bridgehead atoms. The van der Waals surface area contributed by atoms with Gasteiger partial charge in [0.1, 0.15) is 17.0 Å². The number of hydrogen-bond donors (Lipinski definition) is 0. The molecule has 2 amide bonds. The lowest BCUT2D eigenvalue weighted by Gasteiger charge is -2.44. The van der Waals surface area contributed by atoms with Gasteiger partial charge in [0.15, 0.2) is 5.60 Å². The molecule has 4 aliphatic heterocycles. The van der Waals surface area contributed by atoms with Crippen LogP contribution >= 0.6 is 0 Å². The minimum atomic E-state index is -0.556. The van der Waals surface area contributed by atoms with Crippen LogP contribution in [0.4, 0.5) is 15.5 Å². The van der Waals surface area contributed by atoms with Crippen molar-refractivity contribution in [3.63, 3.8) is 0 Å².